The second-order valence-corrected chi connectivity index (χ2v) is 6.12. The van der Waals surface area contributed by atoms with Gasteiger partial charge in [-0.05, 0) is 54.5 Å². The summed E-state index contributed by atoms with van der Waals surface area (Å²) < 4.78 is 10.2. The van der Waals surface area contributed by atoms with Gasteiger partial charge < -0.3 is 19.9 Å². The van der Waals surface area contributed by atoms with Gasteiger partial charge in [-0.3, -0.25) is 4.79 Å². The normalized spacial score (nSPS) is 10.7. The number of hydrogen-bond acceptors (Lipinski definition) is 6. The zero-order valence-corrected chi connectivity index (χ0v) is 16.3. The van der Waals surface area contributed by atoms with Gasteiger partial charge in [-0.25, -0.2) is 4.79 Å². The number of benzene rings is 2. The lowest BCUT2D eigenvalue weighted by Crippen LogP contribution is -2.13. The average molecular weight is 394 g/mol. The van der Waals surface area contributed by atoms with E-state index in [-0.39, 0.29) is 17.1 Å². The number of amides is 1. The van der Waals surface area contributed by atoms with Crippen LogP contribution in [0.1, 0.15) is 35.7 Å². The number of nitrogens with one attached hydrogen (secondary N) is 1. The Labute approximate surface area is 169 Å². The van der Waals surface area contributed by atoms with E-state index in [9.17, 15) is 20.0 Å². The summed E-state index contributed by atoms with van der Waals surface area (Å²) in [5.74, 6) is -0.827. The lowest BCUT2D eigenvalue weighted by molar-refractivity contribution is -0.112. The number of phenols is 1. The molecule has 0 aliphatic heterocycles. The minimum Gasteiger partial charge on any atom is -0.504 e. The van der Waals surface area contributed by atoms with E-state index in [0.29, 0.717) is 23.4 Å². The average Bonchev–Trinajstić information content (AvgIpc) is 2.73. The number of nitriles is 1. The summed E-state index contributed by atoms with van der Waals surface area (Å²) in [6.07, 6.45) is 3.12. The van der Waals surface area contributed by atoms with Gasteiger partial charge in [-0.15, -0.1) is 0 Å². The molecule has 2 aromatic carbocycles. The minimum atomic E-state index is -0.599. The fourth-order valence-electron chi connectivity index (χ4n) is 2.38. The zero-order chi connectivity index (χ0) is 21.2. The van der Waals surface area contributed by atoms with Crippen LogP contribution in [0.15, 0.2) is 48.0 Å². The van der Waals surface area contributed by atoms with Crippen molar-refractivity contribution in [1.82, 2.24) is 0 Å². The molecule has 29 heavy (non-hydrogen) atoms. The Balaban J connectivity index is 2.08. The van der Waals surface area contributed by atoms with Gasteiger partial charge in [0.25, 0.3) is 5.91 Å². The number of ether oxygens (including phenoxy) is 2. The van der Waals surface area contributed by atoms with E-state index in [1.54, 1.807) is 30.3 Å². The molecule has 0 aromatic heterocycles. The van der Waals surface area contributed by atoms with Crippen molar-refractivity contribution in [3.63, 3.8) is 0 Å². The van der Waals surface area contributed by atoms with E-state index < -0.39 is 11.9 Å². The molecule has 0 spiro atoms. The van der Waals surface area contributed by atoms with Crippen LogP contribution >= 0.6 is 0 Å². The zero-order valence-electron chi connectivity index (χ0n) is 16.3. The van der Waals surface area contributed by atoms with Crippen molar-refractivity contribution < 1.29 is 24.2 Å². The van der Waals surface area contributed by atoms with Crippen LogP contribution in [0, 0.1) is 11.3 Å². The number of carbonyl (C=O) groups is 2. The Bertz CT molecular complexity index is 943. The molecule has 2 aromatic rings. The fraction of sp³-hybridized carbons (Fsp3) is 0.227. The smallest absolute Gasteiger partial charge is 0.338 e. The van der Waals surface area contributed by atoms with E-state index in [1.807, 2.05) is 13.0 Å². The number of carbonyl (C=O) groups excluding carboxylic acids is 2. The Morgan fingerprint density at radius 1 is 1.21 bits per heavy atom. The maximum absolute atomic E-state index is 12.4. The number of phenolic OH excluding ortho intramolecular Hbond substituents is 1. The molecule has 0 heterocycles. The Morgan fingerprint density at radius 3 is 2.55 bits per heavy atom. The van der Waals surface area contributed by atoms with Crippen molar-refractivity contribution >= 4 is 23.6 Å². The molecule has 7 nitrogen and oxygen atoms in total. The van der Waals surface area contributed by atoms with Crippen LogP contribution in [0.3, 0.4) is 0 Å². The molecule has 0 unspecified atom stereocenters. The first kappa shape index (κ1) is 21.5. The van der Waals surface area contributed by atoms with E-state index in [4.69, 9.17) is 9.47 Å². The molecule has 7 heteroatoms. The van der Waals surface area contributed by atoms with Gasteiger partial charge in [0.1, 0.15) is 11.6 Å². The number of unbranched alkanes of at least 4 members (excludes halogenated alkanes) is 1. The lowest BCUT2D eigenvalue weighted by Gasteiger charge is -2.07. The molecule has 2 rings (SSSR count). The highest BCUT2D eigenvalue weighted by Crippen LogP contribution is 2.27. The summed E-state index contributed by atoms with van der Waals surface area (Å²) in [6, 6.07) is 12.6. The van der Waals surface area contributed by atoms with Crippen molar-refractivity contribution in [2.24, 2.45) is 0 Å². The minimum absolute atomic E-state index is 0.0408. The summed E-state index contributed by atoms with van der Waals surface area (Å²) in [4.78, 5) is 24.3. The third-order valence-electron chi connectivity index (χ3n) is 3.99. The topological polar surface area (TPSA) is 109 Å². The number of anilines is 1. The highest BCUT2D eigenvalue weighted by molar-refractivity contribution is 6.09. The van der Waals surface area contributed by atoms with Crippen LogP contribution in [0.2, 0.25) is 0 Å². The molecule has 0 bridgehead atoms. The second kappa shape index (κ2) is 10.5. The lowest BCUT2D eigenvalue weighted by atomic mass is 10.1. The molecule has 0 radical (unpaired) electrons. The first-order chi connectivity index (χ1) is 14.0. The Kier molecular flexibility index (Phi) is 7.80. The van der Waals surface area contributed by atoms with Crippen LogP contribution in [0.5, 0.6) is 11.5 Å². The van der Waals surface area contributed by atoms with Crippen molar-refractivity contribution in [3.8, 4) is 17.6 Å². The summed E-state index contributed by atoms with van der Waals surface area (Å²) >= 11 is 0. The van der Waals surface area contributed by atoms with Crippen LogP contribution in [-0.2, 0) is 9.53 Å². The summed E-state index contributed by atoms with van der Waals surface area (Å²) in [6.45, 7) is 2.37. The predicted molar refractivity (Wildman–Crippen MR) is 109 cm³/mol. The van der Waals surface area contributed by atoms with Gasteiger partial charge in [-0.1, -0.05) is 19.4 Å². The predicted octanol–water partition coefficient (Wildman–Crippen LogP) is 3.90. The highest BCUT2D eigenvalue weighted by Gasteiger charge is 2.12. The van der Waals surface area contributed by atoms with Gasteiger partial charge in [0.2, 0.25) is 0 Å². The van der Waals surface area contributed by atoms with Crippen LogP contribution in [-0.4, -0.2) is 30.7 Å². The van der Waals surface area contributed by atoms with Crippen molar-refractivity contribution in [2.75, 3.05) is 19.0 Å². The molecular formula is C22H22N2O5. The summed E-state index contributed by atoms with van der Waals surface area (Å²) in [7, 11) is 1.41. The monoisotopic (exact) mass is 394 g/mol. The Morgan fingerprint density at radius 2 is 1.93 bits per heavy atom. The molecule has 150 valence electrons. The van der Waals surface area contributed by atoms with Crippen molar-refractivity contribution in [1.29, 1.82) is 5.26 Å². The van der Waals surface area contributed by atoms with E-state index in [1.165, 1.54) is 25.3 Å². The molecule has 0 atom stereocenters. The highest BCUT2D eigenvalue weighted by atomic mass is 16.5. The van der Waals surface area contributed by atoms with E-state index in [2.05, 4.69) is 5.32 Å². The maximum Gasteiger partial charge on any atom is 0.338 e. The summed E-state index contributed by atoms with van der Waals surface area (Å²) in [5, 5.41) is 21.6. The van der Waals surface area contributed by atoms with Crippen molar-refractivity contribution in [2.45, 2.75) is 19.8 Å². The van der Waals surface area contributed by atoms with Gasteiger partial charge in [0.05, 0.1) is 19.3 Å². The number of hydrogen-bond donors (Lipinski definition) is 2. The summed E-state index contributed by atoms with van der Waals surface area (Å²) in [5.41, 5.74) is 1.22. The van der Waals surface area contributed by atoms with Crippen LogP contribution in [0.25, 0.3) is 6.08 Å². The fourth-order valence-corrected chi connectivity index (χ4v) is 2.38. The first-order valence-corrected chi connectivity index (χ1v) is 9.05. The number of methoxy groups -OCH3 is 1. The van der Waals surface area contributed by atoms with Crippen LogP contribution < -0.4 is 10.1 Å². The molecule has 1 amide bonds. The molecule has 0 fully saturated rings. The van der Waals surface area contributed by atoms with Gasteiger partial charge in [0, 0.05) is 5.69 Å². The second-order valence-electron chi connectivity index (χ2n) is 6.12. The molecule has 2 N–H and O–H groups in total. The quantitative estimate of drug-likeness (QED) is 0.304. The number of aromatic hydroxyl groups is 1. The van der Waals surface area contributed by atoms with E-state index in [0.717, 1.165) is 12.8 Å². The standard InChI is InChI=1S/C22H22N2O5/c1-3-4-11-29-22(27)16-6-8-18(9-7-16)24-21(26)17(14-23)12-15-5-10-19(25)20(13-15)28-2/h5-10,12-13,25H,3-4,11H2,1-2H3,(H,24,26). The van der Waals surface area contributed by atoms with Gasteiger partial charge in [0.15, 0.2) is 11.5 Å². The number of nitrogens with zero attached hydrogens (tertiary/aromatic N) is 1. The van der Waals surface area contributed by atoms with Crippen LogP contribution in [0.4, 0.5) is 5.69 Å². The third-order valence-corrected chi connectivity index (χ3v) is 3.99. The number of rotatable bonds is 8. The van der Waals surface area contributed by atoms with Crippen molar-refractivity contribution in [3.05, 3.63) is 59.2 Å². The first-order valence-electron chi connectivity index (χ1n) is 9.05. The third kappa shape index (κ3) is 6.11. The molecule has 0 saturated heterocycles. The maximum atomic E-state index is 12.4. The molecular weight excluding hydrogens is 372 g/mol. The van der Waals surface area contributed by atoms with E-state index >= 15 is 0 Å². The van der Waals surface area contributed by atoms with Gasteiger partial charge >= 0.3 is 5.97 Å². The Hall–Kier alpha value is -3.79. The van der Waals surface area contributed by atoms with Gasteiger partial charge in [-0.2, -0.15) is 5.26 Å². The molecule has 0 saturated carbocycles. The molecule has 0 aliphatic rings. The number of esters is 1. The molecule has 0 aliphatic carbocycles. The SMILES string of the molecule is CCCCOC(=O)c1ccc(NC(=O)C(C#N)=Cc2ccc(O)c(OC)c2)cc1. The largest absolute Gasteiger partial charge is 0.504 e.